The molecular formula is C33H41N7O5S. The second-order valence-electron chi connectivity index (χ2n) is 12.6. The Hall–Kier alpha value is -4.36. The first-order valence-electron chi connectivity index (χ1n) is 15.3. The molecule has 1 aliphatic heterocycles. The molecule has 0 spiro atoms. The molecule has 0 unspecified atom stereocenters. The predicted molar refractivity (Wildman–Crippen MR) is 175 cm³/mol. The lowest BCUT2D eigenvalue weighted by molar-refractivity contribution is 0.0443. The molecule has 244 valence electrons. The molecule has 4 heterocycles. The van der Waals surface area contributed by atoms with Crippen molar-refractivity contribution < 1.29 is 23.5 Å². The van der Waals surface area contributed by atoms with E-state index in [1.165, 1.54) is 0 Å². The number of anilines is 1. The maximum absolute atomic E-state index is 14.0. The van der Waals surface area contributed by atoms with Crippen LogP contribution in [-0.2, 0) is 21.4 Å². The van der Waals surface area contributed by atoms with Gasteiger partial charge in [-0.15, -0.1) is 21.5 Å². The van der Waals surface area contributed by atoms with E-state index in [0.717, 1.165) is 29.1 Å². The van der Waals surface area contributed by atoms with Crippen LogP contribution >= 0.6 is 11.3 Å². The maximum Gasteiger partial charge on any atom is 0.408 e. The Kier molecular flexibility index (Phi) is 10.0. The molecule has 46 heavy (non-hydrogen) atoms. The van der Waals surface area contributed by atoms with Gasteiger partial charge in [0.1, 0.15) is 27.7 Å². The minimum atomic E-state index is -1.11. The number of pyridine rings is 1. The number of aromatic nitrogens is 4. The first-order chi connectivity index (χ1) is 21.9. The maximum atomic E-state index is 14.0. The summed E-state index contributed by atoms with van der Waals surface area (Å²) in [5, 5.41) is 17.8. The standard InChI is InChI=1S/C33H41N7O5S/c1-21-20-46-28(35-21)25-13-10-15-40(25)29(41)23-17-24(36-26(18-23)34-14-16-43-6)27-38-39-30(44-27)33(5,19-22-11-8-7-9-12-22)37-31(42)45-32(2,3)4/h7-9,11-12,17-18,20,25H,10,13-16,19H2,1-6H3,(H,34,36)(H,37,42)/t25-,33-/m1/s1. The Morgan fingerprint density at radius 1 is 1.11 bits per heavy atom. The first-order valence-corrected chi connectivity index (χ1v) is 16.2. The smallest absolute Gasteiger partial charge is 0.408 e. The number of hydrogen-bond acceptors (Lipinski definition) is 11. The van der Waals surface area contributed by atoms with Crippen molar-refractivity contribution in [1.29, 1.82) is 0 Å². The van der Waals surface area contributed by atoms with Crippen molar-refractivity contribution in [2.24, 2.45) is 0 Å². The molecule has 1 aromatic carbocycles. The minimum absolute atomic E-state index is 0.0830. The Labute approximate surface area is 272 Å². The molecule has 4 aromatic rings. The van der Waals surface area contributed by atoms with Gasteiger partial charge in [-0.2, -0.15) is 0 Å². The summed E-state index contributed by atoms with van der Waals surface area (Å²) in [6.07, 6.45) is 1.49. The van der Waals surface area contributed by atoms with Gasteiger partial charge in [-0.05, 0) is 65.2 Å². The van der Waals surface area contributed by atoms with E-state index in [0.29, 0.717) is 43.2 Å². The summed E-state index contributed by atoms with van der Waals surface area (Å²) in [7, 11) is 1.62. The highest BCUT2D eigenvalue weighted by molar-refractivity contribution is 7.09. The number of methoxy groups -OCH3 is 1. The number of carbonyl (C=O) groups excluding carboxylic acids is 2. The number of carbonyl (C=O) groups is 2. The van der Waals surface area contributed by atoms with Crippen LogP contribution in [0.4, 0.5) is 10.6 Å². The number of thiazole rings is 1. The highest BCUT2D eigenvalue weighted by Crippen LogP contribution is 2.36. The third-order valence-corrected chi connectivity index (χ3v) is 8.48. The van der Waals surface area contributed by atoms with Gasteiger partial charge in [-0.1, -0.05) is 30.3 Å². The zero-order valence-electron chi connectivity index (χ0n) is 27.1. The Morgan fingerprint density at radius 2 is 1.89 bits per heavy atom. The fourth-order valence-electron chi connectivity index (χ4n) is 5.35. The fraction of sp³-hybridized carbons (Fsp3) is 0.455. The van der Waals surface area contributed by atoms with Crippen LogP contribution in [0.15, 0.2) is 52.3 Å². The summed E-state index contributed by atoms with van der Waals surface area (Å²) in [6, 6.07) is 13.0. The number of rotatable bonds is 11. The van der Waals surface area contributed by atoms with E-state index >= 15 is 0 Å². The summed E-state index contributed by atoms with van der Waals surface area (Å²) < 4.78 is 17.0. The van der Waals surface area contributed by atoms with E-state index in [9.17, 15) is 9.59 Å². The average Bonchev–Trinajstić information content (AvgIpc) is 3.77. The molecule has 2 atom stereocenters. The number of alkyl carbamates (subject to hydrolysis) is 1. The molecule has 1 saturated heterocycles. The van der Waals surface area contributed by atoms with Gasteiger partial charge in [-0.25, -0.2) is 14.8 Å². The van der Waals surface area contributed by atoms with Crippen molar-refractivity contribution in [2.45, 2.75) is 71.1 Å². The lowest BCUT2D eigenvalue weighted by Gasteiger charge is -2.29. The zero-order valence-corrected chi connectivity index (χ0v) is 27.9. The Bertz CT molecular complexity index is 1650. The van der Waals surface area contributed by atoms with Crippen molar-refractivity contribution in [3.8, 4) is 11.6 Å². The first kappa shape index (κ1) is 33.0. The van der Waals surface area contributed by atoms with Gasteiger partial charge in [0, 0.05) is 43.3 Å². The zero-order chi connectivity index (χ0) is 32.9. The van der Waals surface area contributed by atoms with Gasteiger partial charge in [0.25, 0.3) is 11.8 Å². The van der Waals surface area contributed by atoms with Crippen LogP contribution in [0.1, 0.15) is 79.1 Å². The molecule has 0 radical (unpaired) electrons. The van der Waals surface area contributed by atoms with E-state index in [-0.39, 0.29) is 23.7 Å². The number of nitrogens with zero attached hydrogens (tertiary/aromatic N) is 5. The molecule has 12 nitrogen and oxygen atoms in total. The van der Waals surface area contributed by atoms with Crippen molar-refractivity contribution in [3.05, 3.63) is 75.6 Å². The van der Waals surface area contributed by atoms with Gasteiger partial charge >= 0.3 is 6.09 Å². The van der Waals surface area contributed by atoms with Crippen molar-refractivity contribution >= 4 is 29.2 Å². The van der Waals surface area contributed by atoms with E-state index in [1.807, 2.05) is 47.5 Å². The predicted octanol–water partition coefficient (Wildman–Crippen LogP) is 5.91. The number of amides is 2. The van der Waals surface area contributed by atoms with Gasteiger partial charge in [-0.3, -0.25) is 4.79 Å². The van der Waals surface area contributed by atoms with Crippen molar-refractivity contribution in [2.75, 3.05) is 32.1 Å². The molecule has 5 rings (SSSR count). The molecule has 1 fully saturated rings. The molecule has 0 aliphatic carbocycles. The number of benzene rings is 1. The molecule has 2 N–H and O–H groups in total. The van der Waals surface area contributed by atoms with Crippen LogP contribution in [-0.4, -0.2) is 69.5 Å². The molecule has 0 saturated carbocycles. The molecular weight excluding hydrogens is 606 g/mol. The fourth-order valence-corrected chi connectivity index (χ4v) is 6.29. The van der Waals surface area contributed by atoms with Crippen LogP contribution in [0.25, 0.3) is 11.6 Å². The third kappa shape index (κ3) is 8.07. The second-order valence-corrected chi connectivity index (χ2v) is 13.5. The highest BCUT2D eigenvalue weighted by Gasteiger charge is 2.37. The average molecular weight is 648 g/mol. The number of ether oxygens (including phenoxy) is 2. The summed E-state index contributed by atoms with van der Waals surface area (Å²) in [6.45, 7) is 10.7. The SMILES string of the molecule is COCCNc1cc(C(=O)N2CCC[C@@H]2c2nc(C)cs2)cc(-c2nnc([C@@](C)(Cc3ccccc3)NC(=O)OC(C)(C)C)o2)n1. The molecule has 2 amide bonds. The van der Waals surface area contributed by atoms with Gasteiger partial charge < -0.3 is 29.4 Å². The lowest BCUT2D eigenvalue weighted by atomic mass is 9.92. The van der Waals surface area contributed by atoms with Crippen molar-refractivity contribution in [3.63, 3.8) is 0 Å². The molecule has 3 aromatic heterocycles. The van der Waals surface area contributed by atoms with Crippen LogP contribution in [0.5, 0.6) is 0 Å². The number of likely N-dealkylation sites (tertiary alicyclic amines) is 1. The Morgan fingerprint density at radius 3 is 2.59 bits per heavy atom. The number of hydrogen-bond donors (Lipinski definition) is 2. The van der Waals surface area contributed by atoms with Crippen LogP contribution in [0.2, 0.25) is 0 Å². The number of nitrogens with one attached hydrogen (secondary N) is 2. The normalized spacial score (nSPS) is 16.2. The van der Waals surface area contributed by atoms with E-state index in [2.05, 4.69) is 25.8 Å². The Balaban J connectivity index is 1.48. The van der Waals surface area contributed by atoms with Gasteiger partial charge in [0.15, 0.2) is 0 Å². The highest BCUT2D eigenvalue weighted by atomic mass is 32.1. The summed E-state index contributed by atoms with van der Waals surface area (Å²) in [5.74, 6) is 0.619. The molecule has 1 aliphatic rings. The summed E-state index contributed by atoms with van der Waals surface area (Å²) >= 11 is 1.58. The second kappa shape index (κ2) is 14.0. The molecule has 0 bridgehead atoms. The van der Waals surface area contributed by atoms with E-state index in [4.69, 9.17) is 18.9 Å². The molecule has 13 heteroatoms. The third-order valence-electron chi connectivity index (χ3n) is 7.41. The van der Waals surface area contributed by atoms with Crippen LogP contribution in [0.3, 0.4) is 0 Å². The van der Waals surface area contributed by atoms with Gasteiger partial charge in [0.05, 0.1) is 12.6 Å². The number of aryl methyl sites for hydroxylation is 1. The van der Waals surface area contributed by atoms with Crippen LogP contribution < -0.4 is 10.6 Å². The van der Waals surface area contributed by atoms with Crippen molar-refractivity contribution in [1.82, 2.24) is 30.4 Å². The summed E-state index contributed by atoms with van der Waals surface area (Å²) in [4.78, 5) is 38.2. The minimum Gasteiger partial charge on any atom is -0.444 e. The lowest BCUT2D eigenvalue weighted by Crippen LogP contribution is -2.47. The topological polar surface area (TPSA) is 145 Å². The monoisotopic (exact) mass is 647 g/mol. The van der Waals surface area contributed by atoms with E-state index < -0.39 is 17.2 Å². The summed E-state index contributed by atoms with van der Waals surface area (Å²) in [5.41, 5.74) is 0.840. The van der Waals surface area contributed by atoms with E-state index in [1.54, 1.807) is 58.3 Å². The van der Waals surface area contributed by atoms with Crippen LogP contribution in [0, 0.1) is 6.92 Å². The quantitative estimate of drug-likeness (QED) is 0.188. The largest absolute Gasteiger partial charge is 0.444 e. The van der Waals surface area contributed by atoms with Gasteiger partial charge in [0.2, 0.25) is 5.89 Å².